The standard InChI is InChI=1S/C22H22N6O.C15H16N4.C6H8N2/c1-14-11-16(5-8-23-14)19-3-4-20-21(26-19)28(18-7-10-27(20)13-18)22(29)25-17-6-9-24-15(2)12-17;1-10-8-11(4-6-16-10)13-2-3-14-15(18-13)17-12-5-7-19(14)9-12;1-5-4-6(7)2-3-8-5/h3-6,8-9,11-12,18H,7,10,13H2,1-2H3,(H,24,25,29);2-4,6,8,12H,5,7,9H2,1H3,(H,17,18);2-4H,1H3,(H2,7,8)/t18-;12-;/m00./s1. The van der Waals surface area contributed by atoms with Crippen molar-refractivity contribution in [1.82, 2.24) is 29.9 Å². The van der Waals surface area contributed by atoms with Crippen molar-refractivity contribution in [3.63, 3.8) is 0 Å². The van der Waals surface area contributed by atoms with Crippen LogP contribution in [-0.4, -0.2) is 74.2 Å². The van der Waals surface area contributed by atoms with E-state index in [2.05, 4.69) is 64.6 Å². The summed E-state index contributed by atoms with van der Waals surface area (Å²) in [5, 5.41) is 6.57. The summed E-state index contributed by atoms with van der Waals surface area (Å²) in [5.41, 5.74) is 17.0. The van der Waals surface area contributed by atoms with Crippen LogP contribution in [0.2, 0.25) is 0 Å². The van der Waals surface area contributed by atoms with Gasteiger partial charge in [0.25, 0.3) is 0 Å². The fraction of sp³-hybridized carbons (Fsp3) is 0.279. The molecule has 2 fully saturated rings. The molecule has 4 bridgehead atoms. The second kappa shape index (κ2) is 15.6. The van der Waals surface area contributed by atoms with E-state index in [0.717, 1.165) is 101 Å². The van der Waals surface area contributed by atoms with Gasteiger partial charge in [-0.3, -0.25) is 24.8 Å². The van der Waals surface area contributed by atoms with Crippen LogP contribution in [0.15, 0.2) is 97.6 Å². The zero-order valence-corrected chi connectivity index (χ0v) is 32.1. The predicted molar refractivity (Wildman–Crippen MR) is 223 cm³/mol. The molecule has 0 saturated carbocycles. The molecule has 0 aliphatic carbocycles. The highest BCUT2D eigenvalue weighted by Gasteiger charge is 2.40. The normalized spacial score (nSPS) is 17.0. The van der Waals surface area contributed by atoms with Gasteiger partial charge in [-0.2, -0.15) is 0 Å². The minimum Gasteiger partial charge on any atom is -0.399 e. The Morgan fingerprint density at radius 1 is 0.679 bits per heavy atom. The molecule has 4 N–H and O–H groups in total. The van der Waals surface area contributed by atoms with Crippen molar-refractivity contribution in [2.75, 3.05) is 57.2 Å². The topological polar surface area (TPSA) is 154 Å². The molecule has 13 heteroatoms. The zero-order chi connectivity index (χ0) is 38.8. The lowest BCUT2D eigenvalue weighted by atomic mass is 10.1. The summed E-state index contributed by atoms with van der Waals surface area (Å²) in [7, 11) is 0. The second-order valence-corrected chi connectivity index (χ2v) is 14.7. The predicted octanol–water partition coefficient (Wildman–Crippen LogP) is 7.21. The van der Waals surface area contributed by atoms with Crippen molar-refractivity contribution in [2.24, 2.45) is 0 Å². The molecule has 0 aromatic carbocycles. The Balaban J connectivity index is 0.000000139. The Morgan fingerprint density at radius 2 is 1.27 bits per heavy atom. The average Bonchev–Trinajstić information content (AvgIpc) is 3.79. The van der Waals surface area contributed by atoms with Gasteiger partial charge in [0.2, 0.25) is 0 Å². The minimum absolute atomic E-state index is 0.118. The molecule has 10 rings (SSSR count). The van der Waals surface area contributed by atoms with Crippen molar-refractivity contribution < 1.29 is 4.79 Å². The fourth-order valence-electron chi connectivity index (χ4n) is 7.68. The molecule has 284 valence electrons. The van der Waals surface area contributed by atoms with E-state index in [4.69, 9.17) is 15.7 Å². The summed E-state index contributed by atoms with van der Waals surface area (Å²) >= 11 is 0. The van der Waals surface area contributed by atoms with Gasteiger partial charge in [0, 0.05) is 102 Å². The number of hydrogen-bond acceptors (Lipinski definition) is 11. The fourth-order valence-corrected chi connectivity index (χ4v) is 7.68. The largest absolute Gasteiger partial charge is 0.399 e. The first kappa shape index (κ1) is 36.4. The summed E-state index contributed by atoms with van der Waals surface area (Å²) in [6, 6.07) is 24.2. The molecule has 2 atom stereocenters. The van der Waals surface area contributed by atoms with Gasteiger partial charge in [0.15, 0.2) is 11.6 Å². The third-order valence-corrected chi connectivity index (χ3v) is 10.4. The molecular weight excluding hydrogens is 701 g/mol. The highest BCUT2D eigenvalue weighted by molar-refractivity contribution is 6.04. The van der Waals surface area contributed by atoms with Crippen LogP contribution in [0.25, 0.3) is 22.5 Å². The maximum Gasteiger partial charge on any atom is 0.327 e. The number of nitrogen functional groups attached to an aromatic ring is 1. The van der Waals surface area contributed by atoms with Crippen LogP contribution in [0, 0.1) is 27.7 Å². The Bertz CT molecular complexity index is 2370. The number of rotatable bonds is 3. The van der Waals surface area contributed by atoms with Crippen molar-refractivity contribution in [3.8, 4) is 22.5 Å². The maximum atomic E-state index is 13.3. The Kier molecular flexibility index (Phi) is 10.1. The van der Waals surface area contributed by atoms with Gasteiger partial charge in [-0.25, -0.2) is 14.8 Å². The summed E-state index contributed by atoms with van der Waals surface area (Å²) in [6.07, 6.45) is 9.17. The first-order valence-electron chi connectivity index (χ1n) is 19.0. The molecule has 4 aliphatic rings. The molecular formula is C43H46N12O. The number of hydrogen-bond donors (Lipinski definition) is 3. The first-order chi connectivity index (χ1) is 27.2. The van der Waals surface area contributed by atoms with Crippen LogP contribution < -0.4 is 31.1 Å². The second-order valence-electron chi connectivity index (χ2n) is 14.7. The lowest BCUT2D eigenvalue weighted by molar-refractivity contribution is 0.255. The number of nitrogens with one attached hydrogen (secondary N) is 2. The van der Waals surface area contributed by atoms with Crippen LogP contribution in [-0.2, 0) is 0 Å². The lowest BCUT2D eigenvalue weighted by Crippen LogP contribution is -2.48. The van der Waals surface area contributed by atoms with E-state index in [1.54, 1.807) is 30.7 Å². The first-order valence-corrected chi connectivity index (χ1v) is 19.0. The Hall–Kier alpha value is -6.63. The van der Waals surface area contributed by atoms with E-state index in [1.165, 1.54) is 12.1 Å². The van der Waals surface area contributed by atoms with Gasteiger partial charge in [-0.1, -0.05) is 0 Å². The van der Waals surface area contributed by atoms with Crippen molar-refractivity contribution >= 4 is 40.4 Å². The van der Waals surface area contributed by atoms with Gasteiger partial charge in [0.1, 0.15) is 0 Å². The summed E-state index contributed by atoms with van der Waals surface area (Å²) < 4.78 is 0. The van der Waals surface area contributed by atoms with Crippen LogP contribution in [0.1, 0.15) is 35.6 Å². The Labute approximate surface area is 327 Å². The average molecular weight is 747 g/mol. The Morgan fingerprint density at radius 3 is 1.91 bits per heavy atom. The molecule has 6 aromatic rings. The number of nitrogens with zero attached hydrogens (tertiary/aromatic N) is 9. The minimum atomic E-state index is -0.154. The quantitative estimate of drug-likeness (QED) is 0.168. The lowest BCUT2D eigenvalue weighted by Gasteiger charge is -2.36. The highest BCUT2D eigenvalue weighted by Crippen LogP contribution is 2.40. The summed E-state index contributed by atoms with van der Waals surface area (Å²) in [4.78, 5) is 46.2. The third kappa shape index (κ3) is 7.92. The summed E-state index contributed by atoms with van der Waals surface area (Å²) in [5.74, 6) is 1.75. The monoisotopic (exact) mass is 746 g/mol. The third-order valence-electron chi connectivity index (χ3n) is 10.4. The molecule has 2 saturated heterocycles. The van der Waals surface area contributed by atoms with E-state index in [9.17, 15) is 4.79 Å². The van der Waals surface area contributed by atoms with E-state index in [0.29, 0.717) is 11.9 Å². The van der Waals surface area contributed by atoms with E-state index in [-0.39, 0.29) is 12.1 Å². The SMILES string of the molecule is Cc1cc(-c2ccc3c(n2)N[C@H]2CCN3C2)ccn1.Cc1cc(N)ccn1.Cc1cc(NC(=O)N2c3nc(-c4ccnc(C)c4)ccc3N3CC[C@H]2C3)ccn1. The number of nitrogens with two attached hydrogens (primary N) is 1. The maximum absolute atomic E-state index is 13.3. The van der Waals surface area contributed by atoms with Crippen LogP contribution in [0.5, 0.6) is 0 Å². The van der Waals surface area contributed by atoms with Crippen LogP contribution >= 0.6 is 0 Å². The van der Waals surface area contributed by atoms with Gasteiger partial charge in [0.05, 0.1) is 28.8 Å². The molecule has 56 heavy (non-hydrogen) atoms. The van der Waals surface area contributed by atoms with Crippen molar-refractivity contribution in [1.29, 1.82) is 0 Å². The van der Waals surface area contributed by atoms with Gasteiger partial charge < -0.3 is 26.2 Å². The number of aryl methyl sites for hydroxylation is 4. The van der Waals surface area contributed by atoms with E-state index < -0.39 is 0 Å². The van der Waals surface area contributed by atoms with Crippen molar-refractivity contribution in [3.05, 3.63) is 120 Å². The molecule has 4 aliphatic heterocycles. The molecule has 0 unspecified atom stereocenters. The van der Waals surface area contributed by atoms with Crippen LogP contribution in [0.4, 0.5) is 39.2 Å². The molecule has 6 aromatic heterocycles. The number of carbonyl (C=O) groups is 1. The number of amides is 2. The van der Waals surface area contributed by atoms with Gasteiger partial charge in [-0.15, -0.1) is 0 Å². The van der Waals surface area contributed by atoms with E-state index in [1.807, 2.05) is 75.2 Å². The molecule has 10 heterocycles. The number of anilines is 6. The number of aromatic nitrogens is 6. The number of pyridine rings is 6. The number of urea groups is 1. The summed E-state index contributed by atoms with van der Waals surface area (Å²) in [6.45, 7) is 11.8. The number of carbonyl (C=O) groups excluding carboxylic acids is 1. The number of fused-ring (bicyclic) bond motifs is 8. The van der Waals surface area contributed by atoms with Crippen LogP contribution in [0.3, 0.4) is 0 Å². The molecule has 0 radical (unpaired) electrons. The zero-order valence-electron chi connectivity index (χ0n) is 32.1. The molecule has 13 nitrogen and oxygen atoms in total. The van der Waals surface area contributed by atoms with E-state index >= 15 is 0 Å². The van der Waals surface area contributed by atoms with Gasteiger partial charge >= 0.3 is 6.03 Å². The van der Waals surface area contributed by atoms with Gasteiger partial charge in [-0.05, 0) is 113 Å². The highest BCUT2D eigenvalue weighted by atomic mass is 16.2. The smallest absolute Gasteiger partial charge is 0.327 e. The van der Waals surface area contributed by atoms with Crippen molar-refractivity contribution in [2.45, 2.75) is 52.6 Å². The molecule has 2 amide bonds. The molecule has 0 spiro atoms.